The van der Waals surface area contributed by atoms with Crippen molar-refractivity contribution in [3.05, 3.63) is 12.7 Å². The number of ether oxygens (including phenoxy) is 1. The smallest absolute Gasteiger partial charge is 0.362 e. The molecule has 46 heavy (non-hydrogen) atoms. The minimum absolute atomic E-state index is 0.0628. The fourth-order valence-corrected chi connectivity index (χ4v) is 5.49. The van der Waals surface area contributed by atoms with Crippen molar-refractivity contribution in [2.45, 2.75) is 70.2 Å². The predicted molar refractivity (Wildman–Crippen MR) is 167 cm³/mol. The quantitative estimate of drug-likeness (QED) is 0.0981. The van der Waals surface area contributed by atoms with Gasteiger partial charge in [0.25, 0.3) is 5.91 Å². The summed E-state index contributed by atoms with van der Waals surface area (Å²) in [5.74, 6) is -3.14. The van der Waals surface area contributed by atoms with Gasteiger partial charge in [-0.2, -0.15) is 20.2 Å². The van der Waals surface area contributed by atoms with E-state index in [9.17, 15) is 33.0 Å². The minimum atomic E-state index is -4.88. The molecule has 0 aliphatic carbocycles. The van der Waals surface area contributed by atoms with E-state index in [0.29, 0.717) is 5.75 Å². The maximum absolute atomic E-state index is 12.5. The van der Waals surface area contributed by atoms with Crippen LogP contribution in [0.5, 0.6) is 0 Å². The van der Waals surface area contributed by atoms with Crippen molar-refractivity contribution < 1.29 is 47.0 Å². The number of nitrogens with two attached hydrogens (primary N) is 2. The number of carbonyl (C=O) groups excluding carboxylic acids is 2. The third-order valence-electron chi connectivity index (χ3n) is 6.93. The maximum atomic E-state index is 12.5. The number of nitrogens with one attached hydrogen (secondary N) is 2. The number of carbonyl (C=O) groups is 3. The number of amides is 2. The summed E-state index contributed by atoms with van der Waals surface area (Å²) in [4.78, 5) is 50.1. The highest BCUT2D eigenvalue weighted by atomic mass is 32.2. The summed E-state index contributed by atoms with van der Waals surface area (Å²) in [5, 5.41) is 32.0. The number of aromatic nitrogens is 4. The van der Waals surface area contributed by atoms with Crippen LogP contribution in [0, 0.1) is 0 Å². The summed E-state index contributed by atoms with van der Waals surface area (Å²) in [7, 11) is -4.88. The second-order valence-electron chi connectivity index (χ2n) is 10.0. The number of fused-ring (bicyclic) bond motifs is 1. The van der Waals surface area contributed by atoms with Crippen LogP contribution in [-0.2, 0) is 33.6 Å². The average molecular weight is 694 g/mol. The number of hydrogen-bond acceptors (Lipinski definition) is 16. The van der Waals surface area contributed by atoms with Crippen LogP contribution >= 0.6 is 11.8 Å². The van der Waals surface area contributed by atoms with Gasteiger partial charge in [0.05, 0.1) is 25.4 Å². The first-order valence-electron chi connectivity index (χ1n) is 14.3. The molecule has 1 aliphatic rings. The molecule has 3 heterocycles. The van der Waals surface area contributed by atoms with Gasteiger partial charge in [-0.3, -0.25) is 23.1 Å². The molecule has 1 fully saturated rings. The first-order valence-corrected chi connectivity index (χ1v) is 17.1. The molecule has 0 radical (unpaired) electrons. The summed E-state index contributed by atoms with van der Waals surface area (Å²) in [6.45, 7) is 9.27. The molecule has 0 spiro atoms. The van der Waals surface area contributed by atoms with Crippen LogP contribution in [0.2, 0.25) is 0 Å². The second-order valence-corrected chi connectivity index (χ2v) is 12.3. The number of carboxylic acids is 1. The molecule has 6 atom stereocenters. The monoisotopic (exact) mass is 693 g/mol. The Hall–Kier alpha value is -3.18. The number of imidazole rings is 1. The molecule has 0 saturated carbocycles. The first-order chi connectivity index (χ1) is 21.7. The molecule has 2 amide bonds. The number of aliphatic hydroxyl groups is 2. The van der Waals surface area contributed by atoms with E-state index in [1.807, 2.05) is 0 Å². The first kappa shape index (κ1) is 39.0. The zero-order chi connectivity index (χ0) is 34.6. The number of hydrogen-bond donors (Lipinski definition) is 7. The summed E-state index contributed by atoms with van der Waals surface area (Å²) in [5.41, 5.74) is 11.8. The normalized spacial score (nSPS) is 21.0. The van der Waals surface area contributed by atoms with Gasteiger partial charge >= 0.3 is 16.3 Å². The van der Waals surface area contributed by atoms with Crippen LogP contribution in [0.4, 0.5) is 5.82 Å². The zero-order valence-electron chi connectivity index (χ0n) is 26.0. The zero-order valence-corrected chi connectivity index (χ0v) is 27.6. The summed E-state index contributed by atoms with van der Waals surface area (Å²) in [6.07, 6.45) is -2.35. The predicted octanol–water partition coefficient (Wildman–Crippen LogP) is -2.21. The molecule has 21 heteroatoms. The van der Waals surface area contributed by atoms with E-state index < -0.39 is 77.7 Å². The fourth-order valence-electron chi connectivity index (χ4n) is 4.24. The van der Waals surface area contributed by atoms with Gasteiger partial charge in [-0.15, -0.1) is 0 Å². The van der Waals surface area contributed by atoms with Crippen molar-refractivity contribution in [3.63, 3.8) is 0 Å². The van der Waals surface area contributed by atoms with Crippen LogP contribution in [-0.4, -0.2) is 135 Å². The summed E-state index contributed by atoms with van der Waals surface area (Å²) in [6, 6.07) is -2.83. The number of thioether (sulfide) groups is 1. The standard InChI is InChI=1S/C19H28N8O10S2.C6H15N/c1-38-3-2-8(20)17(32)25-9(4-11(28)29)18(33)26-39(34,35)36-5-10-13(30)14(31)19(37-10)27-7-24-12-15(21)22-6-23-16(12)27;1-4-7(5-2)6-3/h6-10,13-14,19,30-31H,2-5,20H2,1H3,(H,25,32)(H,26,33)(H,28,29)(H2,21,22,23);4-6H2,1-3H3/t8-,9-,10+,13+,14+,19+;/m0./s1. The Morgan fingerprint density at radius 3 is 2.35 bits per heavy atom. The molecule has 2 aromatic heterocycles. The van der Waals surface area contributed by atoms with E-state index in [4.69, 9.17) is 25.5 Å². The lowest BCUT2D eigenvalue weighted by atomic mass is 10.1. The van der Waals surface area contributed by atoms with Crippen molar-refractivity contribution in [3.8, 4) is 0 Å². The minimum Gasteiger partial charge on any atom is -0.481 e. The number of anilines is 1. The van der Waals surface area contributed by atoms with Crippen molar-refractivity contribution in [1.82, 2.24) is 34.5 Å². The molecule has 0 bridgehead atoms. The Kier molecular flexibility index (Phi) is 15.5. The average Bonchev–Trinajstić information content (AvgIpc) is 3.56. The van der Waals surface area contributed by atoms with Crippen LogP contribution < -0.4 is 21.5 Å². The molecule has 9 N–H and O–H groups in total. The third-order valence-corrected chi connectivity index (χ3v) is 8.48. The SMILES string of the molecule is CCN(CC)CC.CSCC[C@H](N)C(=O)N[C@@H](CC(=O)O)C(=O)NS(=O)(=O)OC[C@H]1O[C@@H](n2cnc3c(N)ncnc32)[C@H](O)[C@@H]1O. The summed E-state index contributed by atoms with van der Waals surface area (Å²) < 4.78 is 37.8. The molecule has 3 rings (SSSR count). The number of carboxylic acid groups (broad SMARTS) is 1. The Labute approximate surface area is 270 Å². The lowest BCUT2D eigenvalue weighted by molar-refractivity contribution is -0.140. The topological polar surface area (TPSA) is 287 Å². The molecule has 260 valence electrons. The van der Waals surface area contributed by atoms with Crippen molar-refractivity contribution in [1.29, 1.82) is 0 Å². The largest absolute Gasteiger partial charge is 0.481 e. The molecular formula is C25H43N9O10S2. The van der Waals surface area contributed by atoms with Gasteiger partial charge < -0.3 is 41.7 Å². The lowest BCUT2D eigenvalue weighted by Gasteiger charge is -2.20. The number of aliphatic carboxylic acids is 1. The Bertz CT molecular complexity index is 1400. The van der Waals surface area contributed by atoms with Gasteiger partial charge in [-0.1, -0.05) is 20.8 Å². The fraction of sp³-hybridized carbons (Fsp3) is 0.680. The van der Waals surface area contributed by atoms with Crippen molar-refractivity contribution in [2.75, 3.05) is 44.0 Å². The second kappa shape index (κ2) is 18.2. The van der Waals surface area contributed by atoms with E-state index in [2.05, 4.69) is 45.9 Å². The summed E-state index contributed by atoms with van der Waals surface area (Å²) >= 11 is 1.42. The van der Waals surface area contributed by atoms with E-state index in [-0.39, 0.29) is 23.4 Å². The number of nitrogen functional groups attached to an aromatic ring is 1. The van der Waals surface area contributed by atoms with E-state index in [1.165, 1.54) is 47.0 Å². The van der Waals surface area contributed by atoms with Gasteiger partial charge in [0.15, 0.2) is 17.7 Å². The van der Waals surface area contributed by atoms with Gasteiger partial charge in [0.2, 0.25) is 5.91 Å². The number of rotatable bonds is 16. The van der Waals surface area contributed by atoms with E-state index in [1.54, 1.807) is 6.26 Å². The number of aliphatic hydroxyl groups excluding tert-OH is 2. The lowest BCUT2D eigenvalue weighted by Crippen LogP contribution is -2.53. The molecular weight excluding hydrogens is 650 g/mol. The van der Waals surface area contributed by atoms with Crippen molar-refractivity contribution >= 4 is 56.8 Å². The molecule has 0 unspecified atom stereocenters. The van der Waals surface area contributed by atoms with Crippen molar-refractivity contribution in [2.24, 2.45) is 5.73 Å². The van der Waals surface area contributed by atoms with Gasteiger partial charge in [-0.05, 0) is 38.1 Å². The molecule has 1 saturated heterocycles. The Morgan fingerprint density at radius 1 is 1.13 bits per heavy atom. The van der Waals surface area contributed by atoms with Crippen LogP contribution in [0.1, 0.15) is 39.8 Å². The third kappa shape index (κ3) is 11.0. The van der Waals surface area contributed by atoms with Crippen LogP contribution in [0.3, 0.4) is 0 Å². The highest BCUT2D eigenvalue weighted by Gasteiger charge is 2.45. The Morgan fingerprint density at radius 2 is 1.78 bits per heavy atom. The van der Waals surface area contributed by atoms with Gasteiger partial charge in [0.1, 0.15) is 36.2 Å². The van der Waals surface area contributed by atoms with E-state index in [0.717, 1.165) is 6.33 Å². The van der Waals surface area contributed by atoms with E-state index >= 15 is 0 Å². The molecule has 0 aromatic carbocycles. The van der Waals surface area contributed by atoms with Gasteiger partial charge in [0, 0.05) is 0 Å². The molecule has 2 aromatic rings. The number of nitrogens with zero attached hydrogens (tertiary/aromatic N) is 5. The van der Waals surface area contributed by atoms with Crippen LogP contribution in [0.15, 0.2) is 12.7 Å². The molecule has 1 aliphatic heterocycles. The molecule has 19 nitrogen and oxygen atoms in total. The highest BCUT2D eigenvalue weighted by molar-refractivity contribution is 7.98. The maximum Gasteiger partial charge on any atom is 0.362 e. The Balaban J connectivity index is 0.000000942. The highest BCUT2D eigenvalue weighted by Crippen LogP contribution is 2.32. The van der Waals surface area contributed by atoms with Crippen LogP contribution in [0.25, 0.3) is 11.2 Å². The van der Waals surface area contributed by atoms with Gasteiger partial charge in [-0.25, -0.2) is 19.7 Å².